The van der Waals surface area contributed by atoms with Gasteiger partial charge in [0.15, 0.2) is 15.6 Å². The van der Waals surface area contributed by atoms with Crippen molar-refractivity contribution in [2.75, 3.05) is 5.32 Å². The van der Waals surface area contributed by atoms with Crippen LogP contribution in [-0.2, 0) is 4.79 Å². The normalized spacial score (nSPS) is 10.8. The summed E-state index contributed by atoms with van der Waals surface area (Å²) in [6.07, 6.45) is 2.87. The average Bonchev–Trinajstić information content (AvgIpc) is 2.96. The lowest BCUT2D eigenvalue weighted by atomic mass is 10.4. The minimum absolute atomic E-state index is 0.132. The topological polar surface area (TPSA) is 72.2 Å². The summed E-state index contributed by atoms with van der Waals surface area (Å²) in [5, 5.41) is 4.56. The second-order valence-electron chi connectivity index (χ2n) is 3.56. The fourth-order valence-electron chi connectivity index (χ4n) is 1.22. The highest BCUT2D eigenvalue weighted by molar-refractivity contribution is 9.10. The second kappa shape index (κ2) is 5.94. The van der Waals surface area contributed by atoms with Crippen LogP contribution in [0.25, 0.3) is 6.08 Å². The number of rotatable bonds is 4. The summed E-state index contributed by atoms with van der Waals surface area (Å²) in [6.45, 7) is 1.43. The number of hydrogen-bond acceptors (Lipinski definition) is 5. The molecule has 2 aromatic rings. The summed E-state index contributed by atoms with van der Waals surface area (Å²) in [7, 11) is 0. The van der Waals surface area contributed by atoms with Crippen LogP contribution < -0.4 is 5.32 Å². The van der Waals surface area contributed by atoms with Gasteiger partial charge in [0.2, 0.25) is 5.91 Å². The zero-order valence-electron chi connectivity index (χ0n) is 9.84. The Morgan fingerprint density at radius 2 is 2.26 bits per heavy atom. The molecule has 0 aromatic carbocycles. The van der Waals surface area contributed by atoms with Crippen LogP contribution in [0.5, 0.6) is 0 Å². The van der Waals surface area contributed by atoms with Gasteiger partial charge in [0, 0.05) is 18.4 Å². The van der Waals surface area contributed by atoms with Crippen molar-refractivity contribution in [1.29, 1.82) is 0 Å². The zero-order chi connectivity index (χ0) is 13.8. The average molecular weight is 341 g/mol. The van der Waals surface area contributed by atoms with Gasteiger partial charge < -0.3 is 4.42 Å². The van der Waals surface area contributed by atoms with E-state index in [1.54, 1.807) is 23.6 Å². The number of carbonyl (C=O) groups excluding carboxylic acids is 2. The third-order valence-electron chi connectivity index (χ3n) is 2.09. The van der Waals surface area contributed by atoms with Crippen molar-refractivity contribution in [3.05, 3.63) is 39.7 Å². The molecule has 0 bridgehead atoms. The fourth-order valence-corrected chi connectivity index (χ4v) is 2.29. The molecule has 0 saturated carbocycles. The van der Waals surface area contributed by atoms with Crippen LogP contribution in [0.1, 0.15) is 23.2 Å². The number of nitrogens with zero attached hydrogens (tertiary/aromatic N) is 1. The molecule has 1 amide bonds. The minimum atomic E-state index is -0.336. The van der Waals surface area contributed by atoms with Crippen LogP contribution in [-0.4, -0.2) is 16.7 Å². The number of furan rings is 1. The van der Waals surface area contributed by atoms with Crippen molar-refractivity contribution in [3.63, 3.8) is 0 Å². The molecule has 1 N–H and O–H groups in total. The molecule has 0 aliphatic rings. The lowest BCUT2D eigenvalue weighted by Gasteiger charge is -1.94. The molecule has 7 heteroatoms. The molecule has 98 valence electrons. The van der Waals surface area contributed by atoms with E-state index in [1.807, 2.05) is 0 Å². The summed E-state index contributed by atoms with van der Waals surface area (Å²) >= 11 is 4.37. The Labute approximate surface area is 121 Å². The van der Waals surface area contributed by atoms with Gasteiger partial charge in [0.25, 0.3) is 0 Å². The number of halogens is 1. The van der Waals surface area contributed by atoms with E-state index in [0.29, 0.717) is 21.3 Å². The first kappa shape index (κ1) is 13.7. The lowest BCUT2D eigenvalue weighted by molar-refractivity contribution is -0.111. The van der Waals surface area contributed by atoms with Crippen molar-refractivity contribution < 1.29 is 14.0 Å². The molecule has 0 aliphatic heterocycles. The summed E-state index contributed by atoms with van der Waals surface area (Å²) in [4.78, 5) is 26.6. The zero-order valence-corrected chi connectivity index (χ0v) is 12.2. The van der Waals surface area contributed by atoms with Crippen molar-refractivity contribution in [2.24, 2.45) is 0 Å². The van der Waals surface area contributed by atoms with Crippen molar-refractivity contribution >= 4 is 50.2 Å². The molecule has 0 unspecified atom stereocenters. The van der Waals surface area contributed by atoms with Crippen LogP contribution in [0, 0.1) is 0 Å². The minimum Gasteiger partial charge on any atom is -0.450 e. The van der Waals surface area contributed by atoms with Gasteiger partial charge in [-0.3, -0.25) is 14.9 Å². The van der Waals surface area contributed by atoms with Gasteiger partial charge in [-0.2, -0.15) is 0 Å². The van der Waals surface area contributed by atoms with Crippen molar-refractivity contribution in [3.8, 4) is 0 Å². The van der Waals surface area contributed by atoms with Crippen LogP contribution in [0.2, 0.25) is 0 Å². The summed E-state index contributed by atoms with van der Waals surface area (Å²) in [5.74, 6) is 0.0929. The number of nitrogens with one attached hydrogen (secondary N) is 1. The van der Waals surface area contributed by atoms with Gasteiger partial charge in [0.05, 0.1) is 0 Å². The Balaban J connectivity index is 1.97. The lowest BCUT2D eigenvalue weighted by Crippen LogP contribution is -2.07. The Hall–Kier alpha value is -1.73. The first-order valence-corrected chi connectivity index (χ1v) is 6.93. The smallest absolute Gasteiger partial charge is 0.250 e. The maximum Gasteiger partial charge on any atom is 0.250 e. The quantitative estimate of drug-likeness (QED) is 0.684. The van der Waals surface area contributed by atoms with Gasteiger partial charge in [-0.1, -0.05) is 0 Å². The van der Waals surface area contributed by atoms with E-state index >= 15 is 0 Å². The largest absolute Gasteiger partial charge is 0.450 e. The number of aromatic nitrogens is 1. The molecular weight excluding hydrogens is 332 g/mol. The Morgan fingerprint density at radius 3 is 2.84 bits per heavy atom. The van der Waals surface area contributed by atoms with E-state index in [1.165, 1.54) is 24.3 Å². The van der Waals surface area contributed by atoms with E-state index in [2.05, 4.69) is 26.2 Å². The Kier molecular flexibility index (Phi) is 4.28. The predicted octanol–water partition coefficient (Wildman–Crippen LogP) is 3.35. The Morgan fingerprint density at radius 1 is 1.47 bits per heavy atom. The molecule has 2 heterocycles. The number of anilines is 1. The molecule has 0 aliphatic carbocycles. The summed E-state index contributed by atoms with van der Waals surface area (Å²) in [5.41, 5.74) is 0.347. The molecule has 5 nitrogen and oxygen atoms in total. The number of carbonyl (C=O) groups is 2. The number of ketones is 1. The number of Topliss-reactive ketones (excluding diaryl/α,β-unsaturated/α-hetero) is 1. The number of hydrogen-bond donors (Lipinski definition) is 1. The predicted molar refractivity (Wildman–Crippen MR) is 76.2 cm³/mol. The van der Waals surface area contributed by atoms with Crippen LogP contribution in [0.3, 0.4) is 0 Å². The van der Waals surface area contributed by atoms with E-state index in [0.717, 1.165) is 0 Å². The first-order chi connectivity index (χ1) is 9.04. The molecular formula is C12H9BrN2O3S. The van der Waals surface area contributed by atoms with Crippen LogP contribution in [0.4, 0.5) is 5.13 Å². The molecule has 2 rings (SSSR count). The fraction of sp³-hybridized carbons (Fsp3) is 0.0833. The number of amides is 1. The van der Waals surface area contributed by atoms with E-state index in [9.17, 15) is 9.59 Å². The molecule has 0 saturated heterocycles. The highest BCUT2D eigenvalue weighted by Gasteiger charge is 2.07. The third kappa shape index (κ3) is 3.87. The molecule has 0 radical (unpaired) electrons. The van der Waals surface area contributed by atoms with Gasteiger partial charge >= 0.3 is 0 Å². The van der Waals surface area contributed by atoms with Gasteiger partial charge in [-0.15, -0.1) is 11.3 Å². The highest BCUT2D eigenvalue weighted by atomic mass is 79.9. The van der Waals surface area contributed by atoms with Crippen LogP contribution in [0.15, 0.2) is 32.7 Å². The molecule has 0 atom stereocenters. The molecule has 2 aromatic heterocycles. The summed E-state index contributed by atoms with van der Waals surface area (Å²) < 4.78 is 5.81. The van der Waals surface area contributed by atoms with E-state index in [4.69, 9.17) is 4.42 Å². The molecule has 19 heavy (non-hydrogen) atoms. The van der Waals surface area contributed by atoms with Crippen molar-refractivity contribution in [1.82, 2.24) is 4.98 Å². The van der Waals surface area contributed by atoms with E-state index < -0.39 is 0 Å². The molecule has 0 spiro atoms. The van der Waals surface area contributed by atoms with Crippen molar-refractivity contribution in [2.45, 2.75) is 6.92 Å². The number of thiazole rings is 1. The van der Waals surface area contributed by atoms with E-state index in [-0.39, 0.29) is 11.7 Å². The summed E-state index contributed by atoms with van der Waals surface area (Å²) in [6, 6.07) is 3.46. The second-order valence-corrected chi connectivity index (χ2v) is 5.20. The van der Waals surface area contributed by atoms with Gasteiger partial charge in [-0.05, 0) is 34.1 Å². The SMILES string of the molecule is CC(=O)c1csc(NC(=O)/C=C/c2ccc(Br)o2)n1. The van der Waals surface area contributed by atoms with Gasteiger partial charge in [0.1, 0.15) is 11.5 Å². The maximum absolute atomic E-state index is 11.6. The maximum atomic E-state index is 11.6. The highest BCUT2D eigenvalue weighted by Crippen LogP contribution is 2.17. The Bertz CT molecular complexity index is 645. The monoisotopic (exact) mass is 340 g/mol. The standard InChI is InChI=1S/C12H9BrN2O3S/c1-7(16)9-6-19-12(14-9)15-11(17)5-3-8-2-4-10(13)18-8/h2-6H,1H3,(H,14,15,17)/b5-3+. The van der Waals surface area contributed by atoms with Gasteiger partial charge in [-0.25, -0.2) is 4.98 Å². The van der Waals surface area contributed by atoms with Crippen LogP contribution >= 0.6 is 27.3 Å². The molecule has 0 fully saturated rings. The third-order valence-corrected chi connectivity index (χ3v) is 3.27. The first-order valence-electron chi connectivity index (χ1n) is 5.25.